The van der Waals surface area contributed by atoms with Gasteiger partial charge in [-0.1, -0.05) is 0 Å². The molecule has 0 aliphatic heterocycles. The number of hydrogen-bond donors (Lipinski definition) is 0. The van der Waals surface area contributed by atoms with E-state index >= 15 is 0 Å². The van der Waals surface area contributed by atoms with Crippen molar-refractivity contribution in [2.24, 2.45) is 11.8 Å². The fourth-order valence-electron chi connectivity index (χ4n) is 10.7. The average molecular weight is 969 g/mol. The Morgan fingerprint density at radius 2 is 0.790 bits per heavy atom. The molecule has 0 spiro atoms. The van der Waals surface area contributed by atoms with E-state index in [1.54, 1.807) is 0 Å². The van der Waals surface area contributed by atoms with Gasteiger partial charge in [-0.05, 0) is 0 Å². The number of fused-ring (bicyclic) bond motifs is 2. The van der Waals surface area contributed by atoms with E-state index in [-0.39, 0.29) is 28.9 Å². The summed E-state index contributed by atoms with van der Waals surface area (Å²) in [5.41, 5.74) is 22.0. The van der Waals surface area contributed by atoms with E-state index in [0.717, 1.165) is 12.8 Å². The van der Waals surface area contributed by atoms with Crippen molar-refractivity contribution in [3.63, 3.8) is 0 Å². The van der Waals surface area contributed by atoms with Crippen LogP contribution in [0.15, 0.2) is 71.8 Å². The van der Waals surface area contributed by atoms with Crippen LogP contribution >= 0.6 is 17.0 Å². The van der Waals surface area contributed by atoms with Gasteiger partial charge in [0.05, 0.1) is 0 Å². The number of aryl methyl sites for hydroxylation is 2. The van der Waals surface area contributed by atoms with Gasteiger partial charge in [0.25, 0.3) is 0 Å². The summed E-state index contributed by atoms with van der Waals surface area (Å²) in [5, 5.41) is 0. The summed E-state index contributed by atoms with van der Waals surface area (Å²) >= 11 is -5.11. The molecular formula is C58H81Cl2SiZr. The fraction of sp³-hybridized carbons (Fsp3) is 0.517. The molecule has 4 aromatic carbocycles. The summed E-state index contributed by atoms with van der Waals surface area (Å²) in [6, 6.07) is 24.5. The van der Waals surface area contributed by atoms with E-state index in [4.69, 9.17) is 17.0 Å². The number of rotatable bonds is 9. The number of halogens is 2. The first-order valence-electron chi connectivity index (χ1n) is 23.8. The SMILES string of the molecule is Cc1ccc2c(c1-c1cc(C(C)(C)C)cc(C(C)(C)C)c1)C=C(CC(C)C)[CH]2[Zr]([Cl])([Cl])([CH]1C(CC(C)C)=Cc2c1ccc(C)c2-c1cc(C(C)(C)C)cc(C(C)(C)C)c1)[SiH](C)C. The van der Waals surface area contributed by atoms with Gasteiger partial charge in [-0.25, -0.2) is 0 Å². The second kappa shape index (κ2) is 16.7. The van der Waals surface area contributed by atoms with Gasteiger partial charge in [0.1, 0.15) is 0 Å². The summed E-state index contributed by atoms with van der Waals surface area (Å²) in [7, 11) is 18.3. The molecule has 0 nitrogen and oxygen atoms in total. The summed E-state index contributed by atoms with van der Waals surface area (Å²) < 4.78 is 0.0908. The molecule has 0 N–H and O–H groups in total. The molecule has 2 aliphatic rings. The van der Waals surface area contributed by atoms with E-state index in [1.807, 2.05) is 0 Å². The van der Waals surface area contributed by atoms with Crippen molar-refractivity contribution in [1.29, 1.82) is 0 Å². The molecule has 0 heterocycles. The van der Waals surface area contributed by atoms with Crippen LogP contribution in [0, 0.1) is 25.7 Å². The van der Waals surface area contributed by atoms with Crippen LogP contribution in [-0.4, -0.2) is 5.92 Å². The molecule has 0 fully saturated rings. The van der Waals surface area contributed by atoms with Gasteiger partial charge in [-0.15, -0.1) is 0 Å². The topological polar surface area (TPSA) is 0 Å². The molecule has 62 heavy (non-hydrogen) atoms. The van der Waals surface area contributed by atoms with E-state index < -0.39 is 21.5 Å². The quantitative estimate of drug-likeness (QED) is 0.147. The minimum absolute atomic E-state index is 0.0167. The molecule has 0 saturated heterocycles. The second-order valence-electron chi connectivity index (χ2n) is 25.0. The van der Waals surface area contributed by atoms with Gasteiger partial charge >= 0.3 is 392 Å². The van der Waals surface area contributed by atoms with E-state index in [9.17, 15) is 0 Å². The Bertz CT molecular complexity index is 2220. The maximum atomic E-state index is 9.13. The zero-order valence-corrected chi connectivity index (χ0v) is 47.6. The number of hydrogen-bond acceptors (Lipinski definition) is 0. The van der Waals surface area contributed by atoms with Gasteiger partial charge < -0.3 is 0 Å². The first-order valence-corrected chi connectivity index (χ1v) is 40.1. The van der Waals surface area contributed by atoms with Crippen molar-refractivity contribution in [2.45, 2.75) is 179 Å². The molecule has 4 aromatic rings. The molecule has 4 heteroatoms. The number of benzene rings is 4. The van der Waals surface area contributed by atoms with E-state index in [0.29, 0.717) is 11.8 Å². The van der Waals surface area contributed by atoms with Crippen molar-refractivity contribution in [1.82, 2.24) is 0 Å². The van der Waals surface area contributed by atoms with Crippen LogP contribution < -0.4 is 0 Å². The van der Waals surface area contributed by atoms with Gasteiger partial charge in [0.2, 0.25) is 0 Å². The molecule has 0 amide bonds. The molecule has 2 aliphatic carbocycles. The molecule has 0 radical (unpaired) electrons. The van der Waals surface area contributed by atoms with Crippen molar-refractivity contribution in [3.05, 3.63) is 127 Å². The Balaban J connectivity index is 1.68. The Hall–Kier alpha value is -1.96. The molecule has 2 atom stereocenters. The van der Waals surface area contributed by atoms with E-state index in [1.165, 1.54) is 89.0 Å². The van der Waals surface area contributed by atoms with Gasteiger partial charge in [0.15, 0.2) is 0 Å². The zero-order chi connectivity index (χ0) is 46.5. The van der Waals surface area contributed by atoms with Crippen LogP contribution in [0.1, 0.15) is 187 Å². The Morgan fingerprint density at radius 3 is 1.03 bits per heavy atom. The zero-order valence-electron chi connectivity index (χ0n) is 42.5. The molecular weight excluding hydrogens is 887 g/mol. The Morgan fingerprint density at radius 1 is 0.500 bits per heavy atom. The third-order valence-electron chi connectivity index (χ3n) is 14.4. The van der Waals surface area contributed by atoms with Crippen molar-refractivity contribution in [2.75, 3.05) is 0 Å². The predicted molar refractivity (Wildman–Crippen MR) is 279 cm³/mol. The Kier molecular flexibility index (Phi) is 13.3. The van der Waals surface area contributed by atoms with Crippen LogP contribution in [0.25, 0.3) is 34.4 Å². The maximum absolute atomic E-state index is 9.13. The minimum atomic E-state index is -5.11. The molecule has 0 saturated carbocycles. The van der Waals surface area contributed by atoms with Gasteiger partial charge in [-0.2, -0.15) is 0 Å². The fourth-order valence-corrected chi connectivity index (χ4v) is 42.1. The molecule has 0 aromatic heterocycles. The van der Waals surface area contributed by atoms with Crippen LogP contribution in [0.3, 0.4) is 0 Å². The molecule has 335 valence electrons. The standard InChI is InChI=1S/2C28H37.C2H7Si.2ClH.Zr/c2*1-18(2)12-20-13-21-11-10-19(3)26(25(21)14-20)22-15-23(27(4,5)6)17-24(16-22)28(7,8)9;1-3-2;;;/h2*10-11,13-18H,12H2,1-9H3;3H,1-2H3;2*1H;/q;;;;;+2/p-2. The molecule has 6 rings (SSSR count). The average Bonchev–Trinajstić information content (AvgIpc) is 3.67. The number of allylic oxidation sites excluding steroid dienone is 2. The van der Waals surface area contributed by atoms with Crippen LogP contribution in [-0.2, 0) is 37.2 Å². The summed E-state index contributed by atoms with van der Waals surface area (Å²) in [6.07, 6.45) is 7.17. The van der Waals surface area contributed by atoms with Crippen LogP contribution in [0.4, 0.5) is 0 Å². The van der Waals surface area contributed by atoms with Crippen LogP contribution in [0.5, 0.6) is 0 Å². The van der Waals surface area contributed by atoms with Crippen molar-refractivity contribution in [3.8, 4) is 22.3 Å². The van der Waals surface area contributed by atoms with Crippen molar-refractivity contribution < 1.29 is 15.6 Å². The molecule has 0 bridgehead atoms. The summed E-state index contributed by atoms with van der Waals surface area (Å²) in [6.45, 7) is 47.3. The third-order valence-corrected chi connectivity index (χ3v) is 66.2. The first kappa shape index (κ1) is 49.5. The predicted octanol–water partition coefficient (Wildman–Crippen LogP) is 18.5. The molecule has 2 unspecified atom stereocenters. The summed E-state index contributed by atoms with van der Waals surface area (Å²) in [5.74, 6) is -0.824. The normalized spacial score (nSPS) is 18.0. The third kappa shape index (κ3) is 9.10. The Labute approximate surface area is 388 Å². The van der Waals surface area contributed by atoms with Crippen molar-refractivity contribution >= 4 is 35.1 Å². The first-order chi connectivity index (χ1) is 28.2. The monoisotopic (exact) mass is 965 g/mol. The van der Waals surface area contributed by atoms with Gasteiger partial charge in [0, 0.05) is 0 Å². The summed E-state index contributed by atoms with van der Waals surface area (Å²) in [4.78, 5) is 0. The second-order valence-corrected chi connectivity index (χ2v) is 67.5. The van der Waals surface area contributed by atoms with E-state index in [2.05, 4.69) is 211 Å². The van der Waals surface area contributed by atoms with Crippen LogP contribution in [0.2, 0.25) is 13.1 Å². The van der Waals surface area contributed by atoms with Gasteiger partial charge in [-0.3, -0.25) is 0 Å².